The van der Waals surface area contributed by atoms with Crippen LogP contribution >= 0.6 is 0 Å². The summed E-state index contributed by atoms with van der Waals surface area (Å²) < 4.78 is 11.0. The Morgan fingerprint density at radius 3 is 2.57 bits per heavy atom. The molecule has 1 aromatic carbocycles. The highest BCUT2D eigenvalue weighted by Crippen LogP contribution is 2.32. The number of rotatable bonds is 6. The Labute approximate surface area is 134 Å². The molecule has 1 N–H and O–H groups in total. The molecule has 0 bridgehead atoms. The van der Waals surface area contributed by atoms with Crippen LogP contribution in [-0.2, 0) is 0 Å². The van der Waals surface area contributed by atoms with E-state index in [0.717, 1.165) is 5.69 Å². The van der Waals surface area contributed by atoms with E-state index in [2.05, 4.69) is 10.3 Å². The largest absolute Gasteiger partial charge is 0.493 e. The van der Waals surface area contributed by atoms with Crippen molar-refractivity contribution in [3.63, 3.8) is 0 Å². The zero-order valence-corrected chi connectivity index (χ0v) is 13.5. The van der Waals surface area contributed by atoms with Gasteiger partial charge < -0.3 is 14.8 Å². The highest BCUT2D eigenvalue weighted by molar-refractivity contribution is 5.62. The third-order valence-corrected chi connectivity index (χ3v) is 3.08. The molecule has 0 aliphatic rings. The number of ether oxygens (including phenoxy) is 2. The fourth-order valence-electron chi connectivity index (χ4n) is 2.05. The molecule has 7 heteroatoms. The summed E-state index contributed by atoms with van der Waals surface area (Å²) in [5.41, 5.74) is 1.28. The molecule has 23 heavy (non-hydrogen) atoms. The topological polar surface area (TPSA) is 86.5 Å². The van der Waals surface area contributed by atoms with Crippen LogP contribution in [0.5, 0.6) is 11.5 Å². The zero-order valence-electron chi connectivity index (χ0n) is 13.5. The van der Waals surface area contributed by atoms with Crippen molar-refractivity contribution < 1.29 is 14.4 Å². The predicted octanol–water partition coefficient (Wildman–Crippen LogP) is 3.84. The smallest absolute Gasteiger partial charge is 0.290 e. The summed E-state index contributed by atoms with van der Waals surface area (Å²) in [6.07, 6.45) is 1.28. The summed E-state index contributed by atoms with van der Waals surface area (Å²) in [7, 11) is 1.57. The standard InChI is InChI=1S/C16H19N3O4/c1-10(2)23-14-6-5-12(8-15(14)22-4)18-16-7-11(3)13(9-17-16)19(20)21/h5-10H,1-4H3,(H,17,18). The SMILES string of the molecule is COc1cc(Nc2cc(C)c([N+](=O)[O-])cn2)ccc1OC(C)C. The van der Waals surface area contributed by atoms with Gasteiger partial charge in [-0.25, -0.2) is 4.98 Å². The van der Waals surface area contributed by atoms with Crippen LogP contribution in [0.2, 0.25) is 0 Å². The van der Waals surface area contributed by atoms with E-state index in [1.165, 1.54) is 6.20 Å². The number of aryl methyl sites for hydroxylation is 1. The van der Waals surface area contributed by atoms with Crippen molar-refractivity contribution in [2.45, 2.75) is 26.9 Å². The molecule has 0 fully saturated rings. The molecule has 2 rings (SSSR count). The van der Waals surface area contributed by atoms with E-state index in [9.17, 15) is 10.1 Å². The maximum absolute atomic E-state index is 10.8. The number of hydrogen-bond donors (Lipinski definition) is 1. The van der Waals surface area contributed by atoms with Crippen molar-refractivity contribution in [3.05, 3.63) is 46.1 Å². The lowest BCUT2D eigenvalue weighted by molar-refractivity contribution is -0.385. The van der Waals surface area contributed by atoms with Gasteiger partial charge in [-0.05, 0) is 39.0 Å². The number of methoxy groups -OCH3 is 1. The minimum atomic E-state index is -0.451. The molecular weight excluding hydrogens is 298 g/mol. The van der Waals surface area contributed by atoms with Gasteiger partial charge >= 0.3 is 0 Å². The van der Waals surface area contributed by atoms with Crippen molar-refractivity contribution in [2.75, 3.05) is 12.4 Å². The highest BCUT2D eigenvalue weighted by Gasteiger charge is 2.12. The van der Waals surface area contributed by atoms with Crippen LogP contribution in [0.25, 0.3) is 0 Å². The van der Waals surface area contributed by atoms with Crippen LogP contribution in [0.1, 0.15) is 19.4 Å². The van der Waals surface area contributed by atoms with Gasteiger partial charge in [0.1, 0.15) is 12.0 Å². The van der Waals surface area contributed by atoms with Gasteiger partial charge in [0.15, 0.2) is 11.5 Å². The summed E-state index contributed by atoms with van der Waals surface area (Å²) in [6, 6.07) is 7.05. The first-order valence-electron chi connectivity index (χ1n) is 7.13. The third-order valence-electron chi connectivity index (χ3n) is 3.08. The molecule has 0 radical (unpaired) electrons. The Bertz CT molecular complexity index is 716. The fourth-order valence-corrected chi connectivity index (χ4v) is 2.05. The van der Waals surface area contributed by atoms with Gasteiger partial charge in [0, 0.05) is 17.3 Å². The number of benzene rings is 1. The van der Waals surface area contributed by atoms with Crippen LogP contribution in [0.3, 0.4) is 0 Å². The minimum Gasteiger partial charge on any atom is -0.493 e. The Morgan fingerprint density at radius 2 is 2.00 bits per heavy atom. The molecular formula is C16H19N3O4. The maximum atomic E-state index is 10.8. The number of nitro groups is 1. The molecule has 0 spiro atoms. The summed E-state index contributed by atoms with van der Waals surface area (Å²) in [4.78, 5) is 14.4. The minimum absolute atomic E-state index is 0.00573. The first kappa shape index (κ1) is 16.5. The van der Waals surface area contributed by atoms with Crippen LogP contribution in [0.15, 0.2) is 30.5 Å². The zero-order chi connectivity index (χ0) is 17.0. The van der Waals surface area contributed by atoms with E-state index < -0.39 is 4.92 Å². The number of aromatic nitrogens is 1. The van der Waals surface area contributed by atoms with Crippen LogP contribution < -0.4 is 14.8 Å². The summed E-state index contributed by atoms with van der Waals surface area (Å²) in [5.74, 6) is 1.77. The summed E-state index contributed by atoms with van der Waals surface area (Å²) in [5, 5.41) is 13.9. The lowest BCUT2D eigenvalue weighted by Crippen LogP contribution is -2.07. The monoisotopic (exact) mass is 317 g/mol. The van der Waals surface area contributed by atoms with E-state index in [1.54, 1.807) is 32.2 Å². The van der Waals surface area contributed by atoms with Gasteiger partial charge in [0.2, 0.25) is 0 Å². The van der Waals surface area contributed by atoms with Gasteiger partial charge in [0.25, 0.3) is 5.69 Å². The van der Waals surface area contributed by atoms with Crippen molar-refractivity contribution in [1.82, 2.24) is 4.98 Å². The lowest BCUT2D eigenvalue weighted by atomic mass is 10.2. The van der Waals surface area contributed by atoms with E-state index in [4.69, 9.17) is 9.47 Å². The molecule has 0 aliphatic carbocycles. The molecule has 0 unspecified atom stereocenters. The number of anilines is 2. The normalized spacial score (nSPS) is 10.5. The molecule has 122 valence electrons. The number of nitrogens with one attached hydrogen (secondary N) is 1. The van der Waals surface area contributed by atoms with Crippen molar-refractivity contribution in [3.8, 4) is 11.5 Å². The number of pyridine rings is 1. The lowest BCUT2D eigenvalue weighted by Gasteiger charge is -2.15. The van der Waals surface area contributed by atoms with E-state index in [0.29, 0.717) is 22.9 Å². The van der Waals surface area contributed by atoms with Gasteiger partial charge in [-0.15, -0.1) is 0 Å². The van der Waals surface area contributed by atoms with E-state index in [-0.39, 0.29) is 11.8 Å². The van der Waals surface area contributed by atoms with E-state index in [1.807, 2.05) is 19.9 Å². The molecule has 0 saturated carbocycles. The molecule has 0 atom stereocenters. The Morgan fingerprint density at radius 1 is 1.26 bits per heavy atom. The van der Waals surface area contributed by atoms with E-state index >= 15 is 0 Å². The molecule has 0 saturated heterocycles. The second-order valence-corrected chi connectivity index (χ2v) is 5.27. The average Bonchev–Trinajstić information content (AvgIpc) is 2.48. The van der Waals surface area contributed by atoms with Crippen LogP contribution in [-0.4, -0.2) is 23.1 Å². The van der Waals surface area contributed by atoms with Gasteiger partial charge in [-0.2, -0.15) is 0 Å². The van der Waals surface area contributed by atoms with Crippen molar-refractivity contribution in [1.29, 1.82) is 0 Å². The fraction of sp³-hybridized carbons (Fsp3) is 0.312. The third kappa shape index (κ3) is 4.09. The number of hydrogen-bond acceptors (Lipinski definition) is 6. The Balaban J connectivity index is 2.23. The van der Waals surface area contributed by atoms with Crippen molar-refractivity contribution in [2.24, 2.45) is 0 Å². The molecule has 0 aliphatic heterocycles. The Hall–Kier alpha value is -2.83. The van der Waals surface area contributed by atoms with Gasteiger partial charge in [0.05, 0.1) is 18.1 Å². The van der Waals surface area contributed by atoms with Gasteiger partial charge in [-0.1, -0.05) is 0 Å². The molecule has 2 aromatic rings. The molecule has 1 aromatic heterocycles. The second-order valence-electron chi connectivity index (χ2n) is 5.27. The molecule has 7 nitrogen and oxygen atoms in total. The highest BCUT2D eigenvalue weighted by atomic mass is 16.6. The van der Waals surface area contributed by atoms with Crippen LogP contribution in [0.4, 0.5) is 17.2 Å². The summed E-state index contributed by atoms with van der Waals surface area (Å²) >= 11 is 0. The first-order chi connectivity index (χ1) is 10.9. The van der Waals surface area contributed by atoms with Crippen LogP contribution in [0, 0.1) is 17.0 Å². The average molecular weight is 317 g/mol. The molecule has 0 amide bonds. The first-order valence-corrected chi connectivity index (χ1v) is 7.13. The van der Waals surface area contributed by atoms with Crippen molar-refractivity contribution >= 4 is 17.2 Å². The molecule has 1 heterocycles. The quantitative estimate of drug-likeness (QED) is 0.643. The number of nitrogens with zero attached hydrogens (tertiary/aromatic N) is 2. The Kier molecular flexibility index (Phi) is 5.00. The second kappa shape index (κ2) is 6.95. The summed E-state index contributed by atoms with van der Waals surface area (Å²) in [6.45, 7) is 5.55. The maximum Gasteiger partial charge on any atom is 0.290 e. The predicted molar refractivity (Wildman–Crippen MR) is 87.7 cm³/mol. The van der Waals surface area contributed by atoms with Gasteiger partial charge in [-0.3, -0.25) is 10.1 Å².